The standard InChI is InChI=1S/C22H25N5/c1-26(20-10-11-20)22(23)25-14-19-4-2-3-5-21(19)18-8-6-17(7-9-18)15-27-13-12-24-16-27/h2-9,12-13,16,20H,10-11,14-15H2,1H3,(H2,23,25). The average molecular weight is 359 g/mol. The van der Waals surface area contributed by atoms with Crippen molar-refractivity contribution in [2.75, 3.05) is 7.05 Å². The van der Waals surface area contributed by atoms with Gasteiger partial charge in [0.2, 0.25) is 0 Å². The summed E-state index contributed by atoms with van der Waals surface area (Å²) in [4.78, 5) is 10.8. The molecule has 1 heterocycles. The van der Waals surface area contributed by atoms with E-state index in [1.165, 1.54) is 35.1 Å². The molecule has 4 rings (SSSR count). The number of imidazole rings is 1. The number of nitrogens with zero attached hydrogens (tertiary/aromatic N) is 4. The van der Waals surface area contributed by atoms with E-state index in [1.807, 2.05) is 19.6 Å². The molecule has 0 bridgehead atoms. The van der Waals surface area contributed by atoms with Crippen molar-refractivity contribution in [3.05, 3.63) is 78.4 Å². The van der Waals surface area contributed by atoms with Crippen LogP contribution in [0.4, 0.5) is 0 Å². The van der Waals surface area contributed by atoms with E-state index >= 15 is 0 Å². The fourth-order valence-electron chi connectivity index (χ4n) is 3.25. The van der Waals surface area contributed by atoms with Crippen molar-refractivity contribution in [3.63, 3.8) is 0 Å². The first-order valence-corrected chi connectivity index (χ1v) is 9.36. The molecule has 0 spiro atoms. The summed E-state index contributed by atoms with van der Waals surface area (Å²) in [5, 5.41) is 0. The van der Waals surface area contributed by atoms with Crippen LogP contribution in [0, 0.1) is 0 Å². The first kappa shape index (κ1) is 17.3. The van der Waals surface area contributed by atoms with Gasteiger partial charge in [-0.05, 0) is 35.1 Å². The van der Waals surface area contributed by atoms with Gasteiger partial charge < -0.3 is 15.2 Å². The van der Waals surface area contributed by atoms with E-state index in [1.54, 1.807) is 6.20 Å². The van der Waals surface area contributed by atoms with Gasteiger partial charge in [0, 0.05) is 32.0 Å². The van der Waals surface area contributed by atoms with Crippen LogP contribution in [-0.4, -0.2) is 33.5 Å². The molecule has 1 aromatic heterocycles. The molecule has 5 nitrogen and oxygen atoms in total. The van der Waals surface area contributed by atoms with E-state index in [0.29, 0.717) is 18.5 Å². The average Bonchev–Trinajstić information content (AvgIpc) is 3.43. The quantitative estimate of drug-likeness (QED) is 0.541. The van der Waals surface area contributed by atoms with Crippen LogP contribution in [0.5, 0.6) is 0 Å². The Morgan fingerprint density at radius 2 is 1.96 bits per heavy atom. The second kappa shape index (κ2) is 7.66. The SMILES string of the molecule is CN(C(N)=NCc1ccccc1-c1ccc(Cn2ccnc2)cc1)C1CC1. The second-order valence-corrected chi connectivity index (χ2v) is 7.11. The van der Waals surface area contributed by atoms with E-state index in [0.717, 1.165) is 6.54 Å². The van der Waals surface area contributed by atoms with Crippen molar-refractivity contribution < 1.29 is 0 Å². The summed E-state index contributed by atoms with van der Waals surface area (Å²) in [6.07, 6.45) is 8.05. The molecule has 0 amide bonds. The molecule has 5 heteroatoms. The first-order chi connectivity index (χ1) is 13.2. The van der Waals surface area contributed by atoms with Gasteiger partial charge in [0.05, 0.1) is 12.9 Å². The molecule has 0 radical (unpaired) electrons. The summed E-state index contributed by atoms with van der Waals surface area (Å²) in [6.45, 7) is 1.42. The number of hydrogen-bond acceptors (Lipinski definition) is 2. The molecular weight excluding hydrogens is 334 g/mol. The highest BCUT2D eigenvalue weighted by atomic mass is 15.3. The summed E-state index contributed by atoms with van der Waals surface area (Å²) in [7, 11) is 2.03. The second-order valence-electron chi connectivity index (χ2n) is 7.11. The number of guanidine groups is 1. The largest absolute Gasteiger partial charge is 0.370 e. The summed E-state index contributed by atoms with van der Waals surface area (Å²) in [5.74, 6) is 0.628. The summed E-state index contributed by atoms with van der Waals surface area (Å²) < 4.78 is 2.07. The number of aromatic nitrogens is 2. The normalized spacial score (nSPS) is 14.3. The van der Waals surface area contributed by atoms with E-state index in [-0.39, 0.29) is 0 Å². The fraction of sp³-hybridized carbons (Fsp3) is 0.273. The Labute approximate surface area is 160 Å². The van der Waals surface area contributed by atoms with Crippen molar-refractivity contribution in [2.45, 2.75) is 32.0 Å². The van der Waals surface area contributed by atoms with Crippen LogP contribution < -0.4 is 5.73 Å². The van der Waals surface area contributed by atoms with Crippen LogP contribution in [0.3, 0.4) is 0 Å². The van der Waals surface area contributed by atoms with Gasteiger partial charge in [-0.2, -0.15) is 0 Å². The van der Waals surface area contributed by atoms with Gasteiger partial charge >= 0.3 is 0 Å². The Balaban J connectivity index is 1.51. The highest BCUT2D eigenvalue weighted by Crippen LogP contribution is 2.26. The lowest BCUT2D eigenvalue weighted by molar-refractivity contribution is 0.487. The fourth-order valence-corrected chi connectivity index (χ4v) is 3.25. The van der Waals surface area contributed by atoms with E-state index in [2.05, 4.69) is 68.0 Å². The van der Waals surface area contributed by atoms with Crippen molar-refractivity contribution in [2.24, 2.45) is 10.7 Å². The zero-order valence-corrected chi connectivity index (χ0v) is 15.6. The van der Waals surface area contributed by atoms with Crippen LogP contribution in [0.2, 0.25) is 0 Å². The summed E-state index contributed by atoms with van der Waals surface area (Å²) in [5.41, 5.74) is 11.0. The molecular formula is C22H25N5. The Morgan fingerprint density at radius 3 is 2.67 bits per heavy atom. The predicted octanol–water partition coefficient (Wildman–Crippen LogP) is 3.51. The molecule has 1 aliphatic carbocycles. The lowest BCUT2D eigenvalue weighted by Gasteiger charge is -2.17. The van der Waals surface area contributed by atoms with E-state index < -0.39 is 0 Å². The topological polar surface area (TPSA) is 59.4 Å². The molecule has 0 unspecified atom stereocenters. The molecule has 138 valence electrons. The Hall–Kier alpha value is -3.08. The van der Waals surface area contributed by atoms with Gasteiger partial charge in [-0.15, -0.1) is 0 Å². The minimum atomic E-state index is 0.576. The van der Waals surface area contributed by atoms with Gasteiger partial charge in [-0.25, -0.2) is 9.98 Å². The Bertz CT molecular complexity index is 908. The monoisotopic (exact) mass is 359 g/mol. The van der Waals surface area contributed by atoms with Crippen molar-refractivity contribution >= 4 is 5.96 Å². The van der Waals surface area contributed by atoms with Crippen LogP contribution >= 0.6 is 0 Å². The zero-order valence-electron chi connectivity index (χ0n) is 15.6. The van der Waals surface area contributed by atoms with Crippen LogP contribution in [0.25, 0.3) is 11.1 Å². The van der Waals surface area contributed by atoms with Crippen LogP contribution in [-0.2, 0) is 13.1 Å². The lowest BCUT2D eigenvalue weighted by atomic mass is 9.98. The number of aliphatic imine (C=N–C) groups is 1. The van der Waals surface area contributed by atoms with Gasteiger partial charge in [-0.1, -0.05) is 48.5 Å². The number of nitrogens with two attached hydrogens (primary N) is 1. The van der Waals surface area contributed by atoms with Crippen molar-refractivity contribution in [1.29, 1.82) is 0 Å². The van der Waals surface area contributed by atoms with E-state index in [9.17, 15) is 0 Å². The van der Waals surface area contributed by atoms with Crippen LogP contribution in [0.15, 0.2) is 72.2 Å². The highest BCUT2D eigenvalue weighted by Gasteiger charge is 2.27. The molecule has 1 saturated carbocycles. The number of hydrogen-bond donors (Lipinski definition) is 1. The minimum Gasteiger partial charge on any atom is -0.370 e. The van der Waals surface area contributed by atoms with Gasteiger partial charge in [-0.3, -0.25) is 0 Å². The zero-order chi connectivity index (χ0) is 18.6. The molecule has 1 fully saturated rings. The van der Waals surface area contributed by atoms with Crippen molar-refractivity contribution in [1.82, 2.24) is 14.5 Å². The maximum absolute atomic E-state index is 6.15. The highest BCUT2D eigenvalue weighted by molar-refractivity contribution is 5.78. The Morgan fingerprint density at radius 1 is 1.19 bits per heavy atom. The number of benzene rings is 2. The molecule has 0 atom stereocenters. The molecule has 27 heavy (non-hydrogen) atoms. The van der Waals surface area contributed by atoms with Gasteiger partial charge in [0.15, 0.2) is 5.96 Å². The minimum absolute atomic E-state index is 0.576. The van der Waals surface area contributed by atoms with Gasteiger partial charge in [0.25, 0.3) is 0 Å². The number of rotatable bonds is 6. The maximum Gasteiger partial charge on any atom is 0.191 e. The molecule has 0 saturated heterocycles. The van der Waals surface area contributed by atoms with E-state index in [4.69, 9.17) is 5.73 Å². The molecule has 2 N–H and O–H groups in total. The predicted molar refractivity (Wildman–Crippen MR) is 109 cm³/mol. The maximum atomic E-state index is 6.15. The van der Waals surface area contributed by atoms with Crippen molar-refractivity contribution in [3.8, 4) is 11.1 Å². The summed E-state index contributed by atoms with van der Waals surface area (Å²) in [6, 6.07) is 17.7. The third-order valence-electron chi connectivity index (χ3n) is 5.07. The lowest BCUT2D eigenvalue weighted by Crippen LogP contribution is -2.35. The third kappa shape index (κ3) is 4.19. The van der Waals surface area contributed by atoms with Gasteiger partial charge in [0.1, 0.15) is 0 Å². The molecule has 2 aromatic carbocycles. The van der Waals surface area contributed by atoms with Crippen LogP contribution in [0.1, 0.15) is 24.0 Å². The Kier molecular flexibility index (Phi) is 4.92. The molecule has 3 aromatic rings. The summed E-state index contributed by atoms with van der Waals surface area (Å²) >= 11 is 0. The molecule has 1 aliphatic rings. The third-order valence-corrected chi connectivity index (χ3v) is 5.07. The first-order valence-electron chi connectivity index (χ1n) is 9.36. The smallest absolute Gasteiger partial charge is 0.191 e. The molecule has 0 aliphatic heterocycles.